The molecule has 6 heteroatoms. The van der Waals surface area contributed by atoms with Crippen molar-refractivity contribution in [3.63, 3.8) is 0 Å². The number of nitrogens with zero attached hydrogens (tertiary/aromatic N) is 1. The largest absolute Gasteiger partial charge is 0.507 e. The number of hydrogen-bond donors (Lipinski definition) is 2. The van der Waals surface area contributed by atoms with Gasteiger partial charge in [-0.2, -0.15) is 0 Å². The first-order valence-electron chi connectivity index (χ1n) is 4.89. The lowest BCUT2D eigenvalue weighted by molar-refractivity contribution is -0.385. The molecular formula is C11H13NO5. The summed E-state index contributed by atoms with van der Waals surface area (Å²) in [5.41, 5.74) is -1.14. The average Bonchev–Trinajstić information content (AvgIpc) is 2.15. The Balaban J connectivity index is 3.60. The minimum absolute atomic E-state index is 0.240. The number of rotatable bonds is 2. The number of phenols is 1. The third-order valence-corrected chi connectivity index (χ3v) is 2.34. The van der Waals surface area contributed by atoms with E-state index in [4.69, 9.17) is 5.11 Å². The third-order valence-electron chi connectivity index (χ3n) is 2.34. The van der Waals surface area contributed by atoms with E-state index >= 15 is 0 Å². The van der Waals surface area contributed by atoms with Gasteiger partial charge in [-0.15, -0.1) is 0 Å². The van der Waals surface area contributed by atoms with Gasteiger partial charge in [-0.05, 0) is 5.41 Å². The van der Waals surface area contributed by atoms with Gasteiger partial charge in [0.25, 0.3) is 5.69 Å². The number of carboxylic acids is 1. The Labute approximate surface area is 97.7 Å². The highest BCUT2D eigenvalue weighted by molar-refractivity contribution is 5.92. The molecule has 0 saturated heterocycles. The summed E-state index contributed by atoms with van der Waals surface area (Å²) in [5.74, 6) is -1.81. The summed E-state index contributed by atoms with van der Waals surface area (Å²) in [6, 6.07) is 2.05. The highest BCUT2D eigenvalue weighted by atomic mass is 16.6. The van der Waals surface area contributed by atoms with Gasteiger partial charge in [-0.1, -0.05) is 20.8 Å². The Kier molecular flexibility index (Phi) is 3.08. The van der Waals surface area contributed by atoms with Crippen LogP contribution in [-0.2, 0) is 5.41 Å². The minimum atomic E-state index is -1.39. The van der Waals surface area contributed by atoms with Crippen molar-refractivity contribution in [3.05, 3.63) is 33.4 Å². The summed E-state index contributed by atoms with van der Waals surface area (Å²) >= 11 is 0. The molecule has 17 heavy (non-hydrogen) atoms. The Morgan fingerprint density at radius 2 is 1.88 bits per heavy atom. The predicted octanol–water partition coefficient (Wildman–Crippen LogP) is 2.30. The van der Waals surface area contributed by atoms with Crippen molar-refractivity contribution in [2.24, 2.45) is 0 Å². The van der Waals surface area contributed by atoms with E-state index in [0.29, 0.717) is 0 Å². The highest BCUT2D eigenvalue weighted by Gasteiger charge is 2.26. The second-order valence-electron chi connectivity index (χ2n) is 4.70. The molecule has 6 nitrogen and oxygen atoms in total. The molecule has 0 bridgehead atoms. The van der Waals surface area contributed by atoms with Gasteiger partial charge in [0.2, 0.25) is 0 Å². The second kappa shape index (κ2) is 4.04. The molecule has 1 aromatic carbocycles. The monoisotopic (exact) mass is 239 g/mol. The number of aromatic hydroxyl groups is 1. The van der Waals surface area contributed by atoms with Crippen LogP contribution in [0.3, 0.4) is 0 Å². The predicted molar refractivity (Wildman–Crippen MR) is 60.4 cm³/mol. The maximum Gasteiger partial charge on any atom is 0.339 e. The van der Waals surface area contributed by atoms with Crippen molar-refractivity contribution in [2.45, 2.75) is 26.2 Å². The normalized spacial score (nSPS) is 11.2. The van der Waals surface area contributed by atoms with Crippen molar-refractivity contribution < 1.29 is 19.9 Å². The first-order chi connectivity index (χ1) is 7.64. The minimum Gasteiger partial charge on any atom is -0.507 e. The van der Waals surface area contributed by atoms with Gasteiger partial charge in [0.05, 0.1) is 4.92 Å². The van der Waals surface area contributed by atoms with Crippen LogP contribution in [0, 0.1) is 10.1 Å². The van der Waals surface area contributed by atoms with E-state index in [0.717, 1.165) is 6.07 Å². The number of benzene rings is 1. The Morgan fingerprint density at radius 1 is 1.35 bits per heavy atom. The lowest BCUT2D eigenvalue weighted by atomic mass is 9.85. The van der Waals surface area contributed by atoms with E-state index in [1.165, 1.54) is 6.07 Å². The number of hydrogen-bond acceptors (Lipinski definition) is 4. The summed E-state index contributed by atoms with van der Waals surface area (Å²) < 4.78 is 0. The van der Waals surface area contributed by atoms with E-state index in [-0.39, 0.29) is 11.3 Å². The topological polar surface area (TPSA) is 101 Å². The molecule has 0 aliphatic rings. The Hall–Kier alpha value is -2.11. The molecule has 0 atom stereocenters. The molecule has 0 radical (unpaired) electrons. The van der Waals surface area contributed by atoms with Gasteiger partial charge in [-0.3, -0.25) is 10.1 Å². The van der Waals surface area contributed by atoms with E-state index in [2.05, 4.69) is 0 Å². The number of carbonyl (C=O) groups is 1. The third kappa shape index (κ3) is 2.52. The summed E-state index contributed by atoms with van der Waals surface area (Å²) in [7, 11) is 0. The zero-order valence-electron chi connectivity index (χ0n) is 9.72. The van der Waals surface area contributed by atoms with Gasteiger partial charge in [0.1, 0.15) is 11.3 Å². The van der Waals surface area contributed by atoms with Crippen molar-refractivity contribution >= 4 is 11.7 Å². The molecule has 0 spiro atoms. The van der Waals surface area contributed by atoms with Crippen LogP contribution < -0.4 is 0 Å². The molecule has 0 unspecified atom stereocenters. The molecule has 0 fully saturated rings. The smallest absolute Gasteiger partial charge is 0.339 e. The molecule has 0 amide bonds. The van der Waals surface area contributed by atoms with Gasteiger partial charge < -0.3 is 10.2 Å². The second-order valence-corrected chi connectivity index (χ2v) is 4.70. The van der Waals surface area contributed by atoms with Crippen molar-refractivity contribution in [1.29, 1.82) is 0 Å². The van der Waals surface area contributed by atoms with Gasteiger partial charge in [0, 0.05) is 17.7 Å². The molecule has 2 N–H and O–H groups in total. The van der Waals surface area contributed by atoms with Gasteiger partial charge in [0.15, 0.2) is 0 Å². The van der Waals surface area contributed by atoms with Crippen LogP contribution in [0.15, 0.2) is 12.1 Å². The Bertz CT molecular complexity index is 487. The fourth-order valence-corrected chi connectivity index (χ4v) is 1.46. The Morgan fingerprint density at radius 3 is 2.24 bits per heavy atom. The van der Waals surface area contributed by atoms with Crippen LogP contribution in [0.1, 0.15) is 36.7 Å². The molecule has 92 valence electrons. The maximum atomic E-state index is 10.9. The number of carboxylic acid groups (broad SMARTS) is 1. The SMILES string of the molecule is CC(C)(C)c1cc([N+](=O)[O-])cc(C(=O)O)c1O. The van der Waals surface area contributed by atoms with Crippen LogP contribution in [-0.4, -0.2) is 21.1 Å². The first-order valence-corrected chi connectivity index (χ1v) is 4.89. The standard InChI is InChI=1S/C11H13NO5/c1-11(2,3)8-5-6(12(16)17)4-7(9(8)13)10(14)15/h4-5,13H,1-3H3,(H,14,15). The van der Waals surface area contributed by atoms with Crippen LogP contribution in [0.2, 0.25) is 0 Å². The van der Waals surface area contributed by atoms with Gasteiger partial charge in [-0.25, -0.2) is 4.79 Å². The van der Waals surface area contributed by atoms with E-state index in [1.54, 1.807) is 20.8 Å². The first kappa shape index (κ1) is 13.0. The zero-order chi connectivity index (χ0) is 13.4. The van der Waals surface area contributed by atoms with E-state index in [1.807, 2.05) is 0 Å². The zero-order valence-corrected chi connectivity index (χ0v) is 9.72. The van der Waals surface area contributed by atoms with Crippen LogP contribution in [0.25, 0.3) is 0 Å². The van der Waals surface area contributed by atoms with Crippen LogP contribution in [0.5, 0.6) is 5.75 Å². The maximum absolute atomic E-state index is 10.9. The average molecular weight is 239 g/mol. The molecule has 0 saturated carbocycles. The van der Waals surface area contributed by atoms with E-state index in [9.17, 15) is 20.0 Å². The summed E-state index contributed by atoms with van der Waals surface area (Å²) in [4.78, 5) is 20.9. The lowest BCUT2D eigenvalue weighted by Gasteiger charge is -2.20. The number of nitro benzene ring substituents is 1. The summed E-state index contributed by atoms with van der Waals surface area (Å²) in [6.07, 6.45) is 0. The molecule has 0 heterocycles. The highest BCUT2D eigenvalue weighted by Crippen LogP contribution is 2.36. The lowest BCUT2D eigenvalue weighted by Crippen LogP contribution is -2.14. The summed E-state index contributed by atoms with van der Waals surface area (Å²) in [6.45, 7) is 5.20. The molecule has 1 rings (SSSR count). The molecule has 0 aliphatic heterocycles. The van der Waals surface area contributed by atoms with Crippen LogP contribution in [0.4, 0.5) is 5.69 Å². The fourth-order valence-electron chi connectivity index (χ4n) is 1.46. The fraction of sp³-hybridized carbons (Fsp3) is 0.364. The quantitative estimate of drug-likeness (QED) is 0.609. The summed E-state index contributed by atoms with van der Waals surface area (Å²) in [5, 5.41) is 29.4. The van der Waals surface area contributed by atoms with Crippen molar-refractivity contribution in [3.8, 4) is 5.75 Å². The molecule has 0 aromatic heterocycles. The van der Waals surface area contributed by atoms with Crippen LogP contribution >= 0.6 is 0 Å². The number of nitro groups is 1. The van der Waals surface area contributed by atoms with Crippen molar-refractivity contribution in [1.82, 2.24) is 0 Å². The van der Waals surface area contributed by atoms with Gasteiger partial charge >= 0.3 is 5.97 Å². The molecular weight excluding hydrogens is 226 g/mol. The number of aromatic carboxylic acids is 1. The van der Waals surface area contributed by atoms with E-state index < -0.39 is 27.6 Å². The number of non-ortho nitro benzene ring substituents is 1. The molecule has 1 aromatic rings. The van der Waals surface area contributed by atoms with Crippen molar-refractivity contribution in [2.75, 3.05) is 0 Å². The molecule has 0 aliphatic carbocycles.